The number of carboxylic acid groups (broad SMARTS) is 1. The van der Waals surface area contributed by atoms with Crippen molar-refractivity contribution in [3.8, 4) is 0 Å². The predicted molar refractivity (Wildman–Crippen MR) is 77.6 cm³/mol. The summed E-state index contributed by atoms with van der Waals surface area (Å²) in [7, 11) is 0. The number of aliphatic carboxylic acids is 1. The minimum atomic E-state index is -0.985. The summed E-state index contributed by atoms with van der Waals surface area (Å²) in [5, 5.41) is 11.7. The van der Waals surface area contributed by atoms with Gasteiger partial charge in [0, 0.05) is 5.56 Å². The Morgan fingerprint density at radius 3 is 2.53 bits per heavy atom. The SMILES string of the molecule is CCCSCCC(NC(=O)c1ccccc1)C(=O)O. The van der Waals surface area contributed by atoms with Gasteiger partial charge >= 0.3 is 5.97 Å². The van der Waals surface area contributed by atoms with E-state index in [4.69, 9.17) is 5.11 Å². The molecule has 0 aliphatic carbocycles. The van der Waals surface area contributed by atoms with E-state index in [-0.39, 0.29) is 5.91 Å². The van der Waals surface area contributed by atoms with Crippen LogP contribution in [0.3, 0.4) is 0 Å². The van der Waals surface area contributed by atoms with Gasteiger partial charge in [-0.05, 0) is 36.5 Å². The Bertz CT molecular complexity index is 408. The maximum Gasteiger partial charge on any atom is 0.326 e. The highest BCUT2D eigenvalue weighted by molar-refractivity contribution is 7.99. The van der Waals surface area contributed by atoms with Crippen LogP contribution in [0.4, 0.5) is 0 Å². The highest BCUT2D eigenvalue weighted by Gasteiger charge is 2.19. The summed E-state index contributed by atoms with van der Waals surface area (Å²) in [5.41, 5.74) is 0.481. The molecule has 1 rings (SSSR count). The zero-order valence-corrected chi connectivity index (χ0v) is 11.8. The first-order valence-electron chi connectivity index (χ1n) is 6.31. The van der Waals surface area contributed by atoms with Gasteiger partial charge in [0.25, 0.3) is 5.91 Å². The molecule has 19 heavy (non-hydrogen) atoms. The number of thioether (sulfide) groups is 1. The fraction of sp³-hybridized carbons (Fsp3) is 0.429. The van der Waals surface area contributed by atoms with Gasteiger partial charge in [-0.2, -0.15) is 11.8 Å². The van der Waals surface area contributed by atoms with Crippen LogP contribution in [0.1, 0.15) is 30.1 Å². The van der Waals surface area contributed by atoms with E-state index in [0.717, 1.165) is 17.9 Å². The molecule has 1 atom stereocenters. The van der Waals surface area contributed by atoms with Gasteiger partial charge in [0.05, 0.1) is 0 Å². The average molecular weight is 281 g/mol. The number of carbonyl (C=O) groups is 2. The number of benzene rings is 1. The third-order valence-corrected chi connectivity index (χ3v) is 3.76. The maximum absolute atomic E-state index is 11.9. The Hall–Kier alpha value is -1.49. The van der Waals surface area contributed by atoms with Gasteiger partial charge in [0.2, 0.25) is 0 Å². The van der Waals surface area contributed by atoms with Crippen molar-refractivity contribution in [2.45, 2.75) is 25.8 Å². The number of amides is 1. The third kappa shape index (κ3) is 5.79. The summed E-state index contributed by atoms with van der Waals surface area (Å²) in [6.45, 7) is 2.08. The standard InChI is InChI=1S/C14H19NO3S/c1-2-9-19-10-8-12(14(17)18)15-13(16)11-6-4-3-5-7-11/h3-7,12H,2,8-10H2,1H3,(H,15,16)(H,17,18). The van der Waals surface area contributed by atoms with Gasteiger partial charge < -0.3 is 10.4 Å². The number of rotatable bonds is 8. The first-order valence-corrected chi connectivity index (χ1v) is 7.47. The molecule has 0 aromatic heterocycles. The molecule has 0 spiro atoms. The van der Waals surface area contributed by atoms with Crippen LogP contribution in [0.5, 0.6) is 0 Å². The van der Waals surface area contributed by atoms with Crippen molar-refractivity contribution >= 4 is 23.6 Å². The van der Waals surface area contributed by atoms with Gasteiger partial charge in [0.15, 0.2) is 0 Å². The molecule has 1 aromatic carbocycles. The minimum absolute atomic E-state index is 0.339. The zero-order valence-electron chi connectivity index (χ0n) is 11.0. The van der Waals surface area contributed by atoms with Gasteiger partial charge in [-0.15, -0.1) is 0 Å². The molecule has 0 saturated carbocycles. The molecule has 1 aromatic rings. The molecule has 0 heterocycles. The fourth-order valence-electron chi connectivity index (χ4n) is 1.54. The fourth-order valence-corrected chi connectivity index (χ4v) is 2.43. The molecular weight excluding hydrogens is 262 g/mol. The monoisotopic (exact) mass is 281 g/mol. The van der Waals surface area contributed by atoms with E-state index in [1.54, 1.807) is 36.0 Å². The lowest BCUT2D eigenvalue weighted by atomic mass is 10.1. The molecule has 1 unspecified atom stereocenters. The lowest BCUT2D eigenvalue weighted by Crippen LogP contribution is -2.41. The number of carboxylic acids is 1. The van der Waals surface area contributed by atoms with Gasteiger partial charge in [0.1, 0.15) is 6.04 Å². The number of carbonyl (C=O) groups excluding carboxylic acids is 1. The van der Waals surface area contributed by atoms with Gasteiger partial charge in [-0.1, -0.05) is 25.1 Å². The van der Waals surface area contributed by atoms with Crippen molar-refractivity contribution in [2.24, 2.45) is 0 Å². The molecule has 5 heteroatoms. The Kier molecular flexibility index (Phi) is 7.03. The van der Waals surface area contributed by atoms with Crippen molar-refractivity contribution in [2.75, 3.05) is 11.5 Å². The molecule has 1 amide bonds. The van der Waals surface area contributed by atoms with E-state index in [1.807, 2.05) is 6.07 Å². The van der Waals surface area contributed by atoms with Crippen LogP contribution in [-0.4, -0.2) is 34.5 Å². The van der Waals surface area contributed by atoms with E-state index < -0.39 is 12.0 Å². The van der Waals surface area contributed by atoms with Crippen molar-refractivity contribution < 1.29 is 14.7 Å². The van der Waals surface area contributed by atoms with Crippen molar-refractivity contribution in [3.05, 3.63) is 35.9 Å². The summed E-state index contributed by atoms with van der Waals surface area (Å²) in [4.78, 5) is 23.0. The smallest absolute Gasteiger partial charge is 0.326 e. The van der Waals surface area contributed by atoms with Crippen LogP contribution >= 0.6 is 11.8 Å². The Morgan fingerprint density at radius 2 is 1.95 bits per heavy atom. The van der Waals surface area contributed by atoms with E-state index in [9.17, 15) is 9.59 Å². The third-order valence-electron chi connectivity index (χ3n) is 2.54. The molecular formula is C14H19NO3S. The molecule has 0 radical (unpaired) electrons. The van der Waals surface area contributed by atoms with Crippen molar-refractivity contribution in [1.29, 1.82) is 0 Å². The molecule has 104 valence electrons. The molecule has 2 N–H and O–H groups in total. The van der Waals surface area contributed by atoms with Crippen molar-refractivity contribution in [1.82, 2.24) is 5.32 Å². The highest BCUT2D eigenvalue weighted by Crippen LogP contribution is 2.07. The van der Waals surface area contributed by atoms with Gasteiger partial charge in [-0.25, -0.2) is 4.79 Å². The largest absolute Gasteiger partial charge is 0.480 e. The highest BCUT2D eigenvalue weighted by atomic mass is 32.2. The summed E-state index contributed by atoms with van der Waals surface area (Å²) < 4.78 is 0. The Balaban J connectivity index is 2.49. The summed E-state index contributed by atoms with van der Waals surface area (Å²) in [6.07, 6.45) is 1.51. The number of hydrogen-bond donors (Lipinski definition) is 2. The number of nitrogens with one attached hydrogen (secondary N) is 1. The molecule has 0 saturated heterocycles. The lowest BCUT2D eigenvalue weighted by molar-refractivity contribution is -0.139. The molecule has 4 nitrogen and oxygen atoms in total. The Labute approximate surface area is 117 Å². The van der Waals surface area contributed by atoms with Crippen LogP contribution < -0.4 is 5.32 Å². The average Bonchev–Trinajstić information content (AvgIpc) is 2.42. The second kappa shape index (κ2) is 8.58. The van der Waals surface area contributed by atoms with Crippen LogP contribution in [0.15, 0.2) is 30.3 Å². The molecule has 0 fully saturated rings. The molecule has 0 bridgehead atoms. The molecule has 0 aliphatic heterocycles. The summed E-state index contributed by atoms with van der Waals surface area (Å²) in [5.74, 6) is 0.425. The quantitative estimate of drug-likeness (QED) is 0.718. The van der Waals surface area contributed by atoms with Gasteiger partial charge in [-0.3, -0.25) is 4.79 Å². The zero-order chi connectivity index (χ0) is 14.1. The number of hydrogen-bond acceptors (Lipinski definition) is 3. The van der Waals surface area contributed by atoms with Crippen molar-refractivity contribution in [3.63, 3.8) is 0 Å². The van der Waals surface area contributed by atoms with E-state index in [0.29, 0.717) is 12.0 Å². The second-order valence-corrected chi connectivity index (χ2v) is 5.36. The van der Waals surface area contributed by atoms with Crippen LogP contribution in [0.25, 0.3) is 0 Å². The van der Waals surface area contributed by atoms with E-state index in [2.05, 4.69) is 12.2 Å². The predicted octanol–water partition coefficient (Wildman–Crippen LogP) is 2.40. The van der Waals surface area contributed by atoms with Crippen LogP contribution in [0.2, 0.25) is 0 Å². The first kappa shape index (κ1) is 15.6. The normalized spacial score (nSPS) is 11.8. The maximum atomic E-state index is 11.9. The minimum Gasteiger partial charge on any atom is -0.480 e. The first-order chi connectivity index (χ1) is 9.15. The van der Waals surface area contributed by atoms with Crippen LogP contribution in [0, 0.1) is 0 Å². The molecule has 0 aliphatic rings. The summed E-state index contributed by atoms with van der Waals surface area (Å²) in [6, 6.07) is 7.83. The van der Waals surface area contributed by atoms with E-state index >= 15 is 0 Å². The summed E-state index contributed by atoms with van der Waals surface area (Å²) >= 11 is 1.71. The topological polar surface area (TPSA) is 66.4 Å². The van der Waals surface area contributed by atoms with E-state index in [1.165, 1.54) is 0 Å². The Morgan fingerprint density at radius 1 is 1.26 bits per heavy atom. The van der Waals surface area contributed by atoms with Crippen LogP contribution in [-0.2, 0) is 4.79 Å². The second-order valence-electron chi connectivity index (χ2n) is 4.13. The lowest BCUT2D eigenvalue weighted by Gasteiger charge is -2.14.